The van der Waals surface area contributed by atoms with Crippen LogP contribution in [0.5, 0.6) is 11.6 Å². The Bertz CT molecular complexity index is 1060. The van der Waals surface area contributed by atoms with Gasteiger partial charge in [0, 0.05) is 24.2 Å². The molecule has 1 aromatic heterocycles. The molecule has 3 aromatic rings. The fraction of sp³-hybridized carbons (Fsp3) is 0.0500. The largest absolute Gasteiger partial charge is 0.439 e. The number of hydrogen-bond donors (Lipinski definition) is 1. The second kappa shape index (κ2) is 8.42. The molecule has 0 saturated heterocycles. The van der Waals surface area contributed by atoms with Crippen LogP contribution in [0.3, 0.4) is 0 Å². The Labute approximate surface area is 160 Å². The molecule has 1 N–H and O–H groups in total. The van der Waals surface area contributed by atoms with Gasteiger partial charge in [-0.05, 0) is 23.8 Å². The minimum atomic E-state index is -0.687. The molecular formula is C20H14N4O4. The van der Waals surface area contributed by atoms with E-state index in [1.165, 1.54) is 12.1 Å². The molecule has 0 fully saturated rings. The molecule has 0 bridgehead atoms. The molecule has 8 nitrogen and oxygen atoms in total. The highest BCUT2D eigenvalue weighted by Crippen LogP contribution is 2.24. The second-order valence-corrected chi connectivity index (χ2v) is 5.68. The van der Waals surface area contributed by atoms with Crippen molar-refractivity contribution < 1.29 is 14.5 Å². The molecule has 0 aliphatic heterocycles. The summed E-state index contributed by atoms with van der Waals surface area (Å²) >= 11 is 0. The van der Waals surface area contributed by atoms with Gasteiger partial charge in [0.05, 0.1) is 4.92 Å². The summed E-state index contributed by atoms with van der Waals surface area (Å²) in [6.07, 6.45) is 0. The highest BCUT2D eigenvalue weighted by molar-refractivity contribution is 5.94. The van der Waals surface area contributed by atoms with Gasteiger partial charge in [-0.3, -0.25) is 14.9 Å². The molecule has 0 aliphatic rings. The third-order valence-electron chi connectivity index (χ3n) is 3.77. The Balaban J connectivity index is 1.72. The molecule has 28 heavy (non-hydrogen) atoms. The summed E-state index contributed by atoms with van der Waals surface area (Å²) in [4.78, 5) is 26.4. The van der Waals surface area contributed by atoms with Crippen LogP contribution in [0.25, 0.3) is 0 Å². The Morgan fingerprint density at radius 3 is 2.64 bits per heavy atom. The first-order chi connectivity index (χ1) is 13.6. The van der Waals surface area contributed by atoms with Crippen molar-refractivity contribution in [2.45, 2.75) is 6.54 Å². The van der Waals surface area contributed by atoms with Crippen molar-refractivity contribution in [2.75, 3.05) is 0 Å². The van der Waals surface area contributed by atoms with Crippen molar-refractivity contribution in [1.82, 2.24) is 10.3 Å². The number of carbonyl (C=O) groups is 1. The summed E-state index contributed by atoms with van der Waals surface area (Å²) in [6, 6.07) is 20.0. The number of amides is 1. The molecule has 2 aromatic carbocycles. The summed E-state index contributed by atoms with van der Waals surface area (Å²) in [5.41, 5.74) is 0.612. The first kappa shape index (κ1) is 18.5. The van der Waals surface area contributed by atoms with Crippen LogP contribution < -0.4 is 10.1 Å². The zero-order valence-corrected chi connectivity index (χ0v) is 14.5. The number of rotatable bonds is 6. The van der Waals surface area contributed by atoms with E-state index in [9.17, 15) is 14.9 Å². The van der Waals surface area contributed by atoms with Crippen LogP contribution in [0.2, 0.25) is 0 Å². The molecule has 1 heterocycles. The maximum atomic E-state index is 12.3. The SMILES string of the molecule is N#Cc1nc(Oc2cccc(C(=O)NCc3ccccc3)c2)ccc1[N+](=O)[O-]. The molecular weight excluding hydrogens is 360 g/mol. The number of ether oxygens (including phenoxy) is 1. The number of hydrogen-bond acceptors (Lipinski definition) is 6. The molecule has 1 amide bonds. The van der Waals surface area contributed by atoms with Gasteiger partial charge in [0.2, 0.25) is 11.6 Å². The highest BCUT2D eigenvalue weighted by Gasteiger charge is 2.16. The number of nitrogens with zero attached hydrogens (tertiary/aromatic N) is 3. The second-order valence-electron chi connectivity index (χ2n) is 5.68. The Kier molecular flexibility index (Phi) is 5.58. The number of carbonyl (C=O) groups excluding carboxylic acids is 1. The van der Waals surface area contributed by atoms with Crippen LogP contribution >= 0.6 is 0 Å². The lowest BCUT2D eigenvalue weighted by Crippen LogP contribution is -2.22. The molecule has 138 valence electrons. The first-order valence-corrected chi connectivity index (χ1v) is 8.22. The molecule has 0 radical (unpaired) electrons. The Morgan fingerprint density at radius 1 is 1.14 bits per heavy atom. The zero-order valence-electron chi connectivity index (χ0n) is 14.5. The van der Waals surface area contributed by atoms with E-state index in [2.05, 4.69) is 10.3 Å². The van der Waals surface area contributed by atoms with Gasteiger partial charge >= 0.3 is 5.69 Å². The van der Waals surface area contributed by atoms with Gasteiger partial charge < -0.3 is 10.1 Å². The lowest BCUT2D eigenvalue weighted by Gasteiger charge is -2.08. The van der Waals surface area contributed by atoms with Crippen molar-refractivity contribution in [2.24, 2.45) is 0 Å². The molecule has 0 unspecified atom stereocenters. The van der Waals surface area contributed by atoms with Gasteiger partial charge in [-0.2, -0.15) is 10.2 Å². The number of nitro groups is 1. The molecule has 0 atom stereocenters. The standard InChI is InChI=1S/C20H14N4O4/c21-12-17-18(24(26)27)9-10-19(23-17)28-16-8-4-7-15(11-16)20(25)22-13-14-5-2-1-3-6-14/h1-11H,13H2,(H,22,25). The summed E-state index contributed by atoms with van der Waals surface area (Å²) in [5.74, 6) is 0.0604. The summed E-state index contributed by atoms with van der Waals surface area (Å²) in [7, 11) is 0. The van der Waals surface area contributed by atoms with Gasteiger partial charge in [-0.1, -0.05) is 36.4 Å². The summed E-state index contributed by atoms with van der Waals surface area (Å²) < 4.78 is 5.54. The number of aromatic nitrogens is 1. The van der Waals surface area contributed by atoms with Crippen molar-refractivity contribution in [1.29, 1.82) is 5.26 Å². The van der Waals surface area contributed by atoms with Crippen LogP contribution in [-0.2, 0) is 6.54 Å². The van der Waals surface area contributed by atoms with Crippen LogP contribution in [0.15, 0.2) is 66.7 Å². The smallest absolute Gasteiger partial charge is 0.305 e. The van der Waals surface area contributed by atoms with Gasteiger partial charge in [0.15, 0.2) is 0 Å². The van der Waals surface area contributed by atoms with Gasteiger partial charge in [-0.15, -0.1) is 0 Å². The van der Waals surface area contributed by atoms with Crippen LogP contribution in [0.1, 0.15) is 21.6 Å². The van der Waals surface area contributed by atoms with Gasteiger partial charge in [-0.25, -0.2) is 0 Å². The monoisotopic (exact) mass is 374 g/mol. The molecule has 0 saturated carbocycles. The number of nitriles is 1. The Morgan fingerprint density at radius 2 is 1.93 bits per heavy atom. The third kappa shape index (κ3) is 4.47. The van der Waals surface area contributed by atoms with Gasteiger partial charge in [0.25, 0.3) is 5.91 Å². The van der Waals surface area contributed by atoms with E-state index in [1.54, 1.807) is 24.3 Å². The number of benzene rings is 2. The average molecular weight is 374 g/mol. The predicted octanol–water partition coefficient (Wildman–Crippen LogP) is 3.58. The predicted molar refractivity (Wildman–Crippen MR) is 99.7 cm³/mol. The maximum Gasteiger partial charge on any atom is 0.305 e. The van der Waals surface area contributed by atoms with E-state index < -0.39 is 10.6 Å². The summed E-state index contributed by atoms with van der Waals surface area (Å²) in [6.45, 7) is 0.389. The molecule has 0 aliphatic carbocycles. The Hall–Kier alpha value is -4.25. The van der Waals surface area contributed by atoms with E-state index in [-0.39, 0.29) is 17.5 Å². The third-order valence-corrected chi connectivity index (χ3v) is 3.77. The minimum absolute atomic E-state index is 0.0176. The average Bonchev–Trinajstić information content (AvgIpc) is 2.72. The topological polar surface area (TPSA) is 118 Å². The van der Waals surface area contributed by atoms with Crippen molar-refractivity contribution in [3.05, 3.63) is 93.7 Å². The zero-order chi connectivity index (χ0) is 19.9. The maximum absolute atomic E-state index is 12.3. The summed E-state index contributed by atoms with van der Waals surface area (Å²) in [5, 5.41) is 22.7. The fourth-order valence-corrected chi connectivity index (χ4v) is 2.42. The molecule has 0 spiro atoms. The van der Waals surface area contributed by atoms with Crippen LogP contribution in [0, 0.1) is 21.4 Å². The van der Waals surface area contributed by atoms with Gasteiger partial charge in [0.1, 0.15) is 11.8 Å². The van der Waals surface area contributed by atoms with Crippen molar-refractivity contribution >= 4 is 11.6 Å². The first-order valence-electron chi connectivity index (χ1n) is 8.22. The fourth-order valence-electron chi connectivity index (χ4n) is 2.42. The van der Waals surface area contributed by atoms with Crippen LogP contribution in [-0.4, -0.2) is 15.8 Å². The quantitative estimate of drug-likeness (QED) is 0.520. The van der Waals surface area contributed by atoms with E-state index in [4.69, 9.17) is 10.00 Å². The van der Waals surface area contributed by atoms with Crippen LogP contribution in [0.4, 0.5) is 5.69 Å². The number of nitrogens with one attached hydrogen (secondary N) is 1. The van der Waals surface area contributed by atoms with E-state index in [0.717, 1.165) is 11.6 Å². The highest BCUT2D eigenvalue weighted by atomic mass is 16.6. The normalized spacial score (nSPS) is 9.96. The lowest BCUT2D eigenvalue weighted by molar-refractivity contribution is -0.385. The molecule has 3 rings (SSSR count). The van der Waals surface area contributed by atoms with E-state index in [1.807, 2.05) is 30.3 Å². The van der Waals surface area contributed by atoms with Crippen molar-refractivity contribution in [3.63, 3.8) is 0 Å². The minimum Gasteiger partial charge on any atom is -0.439 e. The van der Waals surface area contributed by atoms with E-state index >= 15 is 0 Å². The van der Waals surface area contributed by atoms with E-state index in [0.29, 0.717) is 17.9 Å². The van der Waals surface area contributed by atoms with Crippen molar-refractivity contribution in [3.8, 4) is 17.7 Å². The number of pyridine rings is 1. The molecule has 8 heteroatoms. The lowest BCUT2D eigenvalue weighted by atomic mass is 10.2.